The molecule has 0 bridgehead atoms. The Morgan fingerprint density at radius 2 is 1.77 bits per heavy atom. The Morgan fingerprint density at radius 3 is 2.33 bits per heavy atom. The van der Waals surface area contributed by atoms with Crippen LogP contribution in [0.25, 0.3) is 21.9 Å². The van der Waals surface area contributed by atoms with Crippen molar-refractivity contribution in [1.82, 2.24) is 4.57 Å². The lowest BCUT2D eigenvalue weighted by Gasteiger charge is -2.26. The lowest BCUT2D eigenvalue weighted by atomic mass is 9.87. The zero-order valence-corrected chi connectivity index (χ0v) is 17.3. The van der Waals surface area contributed by atoms with Crippen LogP contribution < -0.4 is 5.56 Å². The molecule has 0 fully saturated rings. The first-order valence-electron chi connectivity index (χ1n) is 10.1. The highest BCUT2D eigenvalue weighted by Crippen LogP contribution is 2.38. The normalized spacial score (nSPS) is 12.3. The number of nitrogens with zero attached hydrogens (tertiary/aromatic N) is 1. The van der Waals surface area contributed by atoms with Gasteiger partial charge in [0.15, 0.2) is 0 Å². The molecule has 4 nitrogen and oxygen atoms in total. The van der Waals surface area contributed by atoms with E-state index in [1.807, 2.05) is 26.0 Å². The SMILES string of the molecule is C=CCCCC(C(=O)O)c1c(-c2ccc(F)cc2)c2ccccc2c(=O)n1C(C)C. The van der Waals surface area contributed by atoms with Gasteiger partial charge >= 0.3 is 5.97 Å². The molecule has 0 saturated carbocycles. The molecule has 3 rings (SSSR count). The van der Waals surface area contributed by atoms with Crippen LogP contribution in [0.4, 0.5) is 4.39 Å². The van der Waals surface area contributed by atoms with E-state index < -0.39 is 11.9 Å². The first-order chi connectivity index (χ1) is 14.4. The highest BCUT2D eigenvalue weighted by molar-refractivity contribution is 5.99. The minimum absolute atomic E-state index is 0.212. The Bertz CT molecular complexity index is 1130. The molecule has 1 aromatic heterocycles. The maximum atomic E-state index is 13.6. The van der Waals surface area contributed by atoms with Crippen molar-refractivity contribution in [3.05, 3.63) is 83.1 Å². The monoisotopic (exact) mass is 407 g/mol. The highest BCUT2D eigenvalue weighted by atomic mass is 19.1. The Kier molecular flexibility index (Phi) is 6.50. The van der Waals surface area contributed by atoms with E-state index in [0.29, 0.717) is 46.9 Å². The number of fused-ring (bicyclic) bond motifs is 1. The summed E-state index contributed by atoms with van der Waals surface area (Å²) in [5, 5.41) is 11.3. The van der Waals surface area contributed by atoms with E-state index in [0.717, 1.165) is 0 Å². The van der Waals surface area contributed by atoms with Crippen LogP contribution in [0.2, 0.25) is 0 Å². The van der Waals surface area contributed by atoms with Crippen LogP contribution in [-0.2, 0) is 4.79 Å². The van der Waals surface area contributed by atoms with Crippen molar-refractivity contribution in [3.8, 4) is 11.1 Å². The molecule has 1 heterocycles. The average Bonchev–Trinajstić information content (AvgIpc) is 2.71. The molecule has 5 heteroatoms. The van der Waals surface area contributed by atoms with E-state index in [-0.39, 0.29) is 17.4 Å². The topological polar surface area (TPSA) is 59.3 Å². The second-order valence-corrected chi connectivity index (χ2v) is 7.69. The number of aromatic nitrogens is 1. The average molecular weight is 407 g/mol. The van der Waals surface area contributed by atoms with E-state index in [9.17, 15) is 19.1 Å². The summed E-state index contributed by atoms with van der Waals surface area (Å²) in [5.41, 5.74) is 1.62. The molecular weight excluding hydrogens is 381 g/mol. The second kappa shape index (κ2) is 9.08. The molecule has 3 aromatic rings. The van der Waals surface area contributed by atoms with Gasteiger partial charge in [-0.15, -0.1) is 6.58 Å². The Morgan fingerprint density at radius 1 is 1.13 bits per heavy atom. The van der Waals surface area contributed by atoms with Gasteiger partial charge in [-0.3, -0.25) is 9.59 Å². The van der Waals surface area contributed by atoms with Crippen LogP contribution in [0, 0.1) is 5.82 Å². The number of hydrogen-bond donors (Lipinski definition) is 1. The van der Waals surface area contributed by atoms with Gasteiger partial charge in [0.05, 0.1) is 5.92 Å². The van der Waals surface area contributed by atoms with Crippen molar-refractivity contribution in [2.75, 3.05) is 0 Å². The van der Waals surface area contributed by atoms with Crippen LogP contribution in [-0.4, -0.2) is 15.6 Å². The van der Waals surface area contributed by atoms with E-state index in [2.05, 4.69) is 6.58 Å². The van der Waals surface area contributed by atoms with Crippen LogP contribution >= 0.6 is 0 Å². The molecule has 0 aliphatic heterocycles. The third-order valence-corrected chi connectivity index (χ3v) is 5.34. The quantitative estimate of drug-likeness (QED) is 0.373. The molecule has 156 valence electrons. The van der Waals surface area contributed by atoms with Crippen molar-refractivity contribution in [2.45, 2.75) is 45.1 Å². The molecule has 0 radical (unpaired) electrons. The molecule has 2 aromatic carbocycles. The van der Waals surface area contributed by atoms with Crippen LogP contribution in [0.3, 0.4) is 0 Å². The standard InChI is InChI=1S/C25H26FNO3/c1-4-5-6-11-21(25(29)30)23-22(17-12-14-18(26)15-13-17)19-9-7-8-10-20(19)24(28)27(23)16(2)3/h4,7-10,12-16,21H,1,5-6,11H2,2-3H3,(H,29,30). The van der Waals surface area contributed by atoms with Crippen LogP contribution in [0.1, 0.15) is 50.8 Å². The van der Waals surface area contributed by atoms with Crippen molar-refractivity contribution in [3.63, 3.8) is 0 Å². The summed E-state index contributed by atoms with van der Waals surface area (Å²) in [6, 6.07) is 12.9. The summed E-state index contributed by atoms with van der Waals surface area (Å²) in [6.45, 7) is 7.45. The van der Waals surface area contributed by atoms with Gasteiger partial charge in [-0.25, -0.2) is 4.39 Å². The second-order valence-electron chi connectivity index (χ2n) is 7.69. The van der Waals surface area contributed by atoms with Gasteiger partial charge in [0, 0.05) is 22.7 Å². The summed E-state index contributed by atoms with van der Waals surface area (Å²) in [7, 11) is 0. The maximum Gasteiger partial charge on any atom is 0.312 e. The van der Waals surface area contributed by atoms with Gasteiger partial charge in [0.25, 0.3) is 5.56 Å². The van der Waals surface area contributed by atoms with Gasteiger partial charge in [-0.2, -0.15) is 0 Å². The van der Waals surface area contributed by atoms with Crippen molar-refractivity contribution < 1.29 is 14.3 Å². The van der Waals surface area contributed by atoms with Gasteiger partial charge in [-0.05, 0) is 62.3 Å². The fourth-order valence-electron chi connectivity index (χ4n) is 4.00. The number of aliphatic carboxylic acids is 1. The minimum Gasteiger partial charge on any atom is -0.481 e. The molecular formula is C25H26FNO3. The first kappa shape index (κ1) is 21.5. The molecule has 0 saturated heterocycles. The van der Waals surface area contributed by atoms with Gasteiger partial charge in [-0.1, -0.05) is 36.4 Å². The summed E-state index contributed by atoms with van der Waals surface area (Å²) < 4.78 is 15.2. The van der Waals surface area contributed by atoms with E-state index in [1.54, 1.807) is 34.9 Å². The Labute approximate surface area is 175 Å². The van der Waals surface area contributed by atoms with Crippen LogP contribution in [0.15, 0.2) is 66.0 Å². The van der Waals surface area contributed by atoms with Crippen molar-refractivity contribution >= 4 is 16.7 Å². The molecule has 1 unspecified atom stereocenters. The molecule has 0 aliphatic carbocycles. The lowest BCUT2D eigenvalue weighted by molar-refractivity contribution is -0.139. The summed E-state index contributed by atoms with van der Waals surface area (Å²) in [6.07, 6.45) is 3.47. The third-order valence-electron chi connectivity index (χ3n) is 5.34. The zero-order valence-electron chi connectivity index (χ0n) is 17.3. The number of hydrogen-bond acceptors (Lipinski definition) is 2. The summed E-state index contributed by atoms with van der Waals surface area (Å²) >= 11 is 0. The third kappa shape index (κ3) is 4.06. The maximum absolute atomic E-state index is 13.6. The van der Waals surface area contributed by atoms with E-state index in [4.69, 9.17) is 0 Å². The van der Waals surface area contributed by atoms with Crippen molar-refractivity contribution in [1.29, 1.82) is 0 Å². The number of rotatable bonds is 8. The number of carbonyl (C=O) groups is 1. The number of pyridine rings is 1. The zero-order chi connectivity index (χ0) is 21.8. The van der Waals surface area contributed by atoms with Gasteiger partial charge in [0.2, 0.25) is 0 Å². The number of unbranched alkanes of at least 4 members (excludes halogenated alkanes) is 1. The van der Waals surface area contributed by atoms with Crippen molar-refractivity contribution in [2.24, 2.45) is 0 Å². The molecule has 0 amide bonds. The number of halogens is 1. The molecule has 1 N–H and O–H groups in total. The Balaban J connectivity index is 2.45. The summed E-state index contributed by atoms with van der Waals surface area (Å²) in [5.74, 6) is -2.22. The van der Waals surface area contributed by atoms with Crippen LogP contribution in [0.5, 0.6) is 0 Å². The number of allylic oxidation sites excluding steroid dienone is 1. The predicted molar refractivity (Wildman–Crippen MR) is 118 cm³/mol. The first-order valence-corrected chi connectivity index (χ1v) is 10.1. The van der Waals surface area contributed by atoms with Gasteiger partial charge < -0.3 is 9.67 Å². The molecule has 0 spiro atoms. The smallest absolute Gasteiger partial charge is 0.312 e. The molecule has 1 atom stereocenters. The number of carboxylic acid groups (broad SMARTS) is 1. The van der Waals surface area contributed by atoms with E-state index in [1.165, 1.54) is 12.1 Å². The fraction of sp³-hybridized carbons (Fsp3) is 0.280. The highest BCUT2D eigenvalue weighted by Gasteiger charge is 2.30. The predicted octanol–water partition coefficient (Wildman–Crippen LogP) is 5.91. The fourth-order valence-corrected chi connectivity index (χ4v) is 4.00. The number of benzene rings is 2. The molecule has 30 heavy (non-hydrogen) atoms. The minimum atomic E-state index is -0.980. The molecule has 0 aliphatic rings. The lowest BCUT2D eigenvalue weighted by Crippen LogP contribution is -2.30. The van der Waals surface area contributed by atoms with Gasteiger partial charge in [0.1, 0.15) is 5.82 Å². The Hall–Kier alpha value is -3.21. The summed E-state index contributed by atoms with van der Waals surface area (Å²) in [4.78, 5) is 25.7. The van der Waals surface area contributed by atoms with E-state index >= 15 is 0 Å². The largest absolute Gasteiger partial charge is 0.481 e. The number of carboxylic acids is 1.